The second-order valence-electron chi connectivity index (χ2n) is 22.0. The van der Waals surface area contributed by atoms with Crippen LogP contribution in [0.15, 0.2) is 315 Å². The van der Waals surface area contributed by atoms with E-state index in [-0.39, 0.29) is 13.4 Å². The Morgan fingerprint density at radius 2 is 0.482 bits per heavy atom. The number of para-hydroxylation sites is 10. The van der Waals surface area contributed by atoms with E-state index in [1.165, 1.54) is 54.2 Å². The van der Waals surface area contributed by atoms with Gasteiger partial charge in [-0.2, -0.15) is 11.3 Å². The Balaban J connectivity index is 1.02. The summed E-state index contributed by atoms with van der Waals surface area (Å²) in [6, 6.07) is 116. The zero-order valence-electron chi connectivity index (χ0n) is 46.3. The van der Waals surface area contributed by atoms with Crippen molar-refractivity contribution in [2.75, 3.05) is 29.4 Å². The molecule has 0 unspecified atom stereocenters. The molecule has 17 rings (SSSR count). The summed E-state index contributed by atoms with van der Waals surface area (Å²) in [4.78, 5) is 15.2. The van der Waals surface area contributed by atoms with Crippen LogP contribution in [-0.2, 0) is 0 Å². The van der Waals surface area contributed by atoms with E-state index in [0.717, 1.165) is 79.6 Å². The summed E-state index contributed by atoms with van der Waals surface area (Å²) in [5.41, 5.74) is 25.2. The van der Waals surface area contributed by atoms with E-state index >= 15 is 0 Å². The predicted octanol–water partition coefficient (Wildman–Crippen LogP) is 16.9. The smallest absolute Gasteiger partial charge is 0.264 e. The first kappa shape index (κ1) is 48.9. The first-order valence-corrected chi connectivity index (χ1v) is 30.0. The van der Waals surface area contributed by atoms with Gasteiger partial charge in [0.1, 0.15) is 0 Å². The molecule has 0 aliphatic carbocycles. The molecule has 12 aromatic carbocycles. The largest absolute Gasteiger partial charge is 0.311 e. The molecule has 13 aromatic rings. The number of fused-ring (bicyclic) bond motifs is 9. The molecule has 0 saturated carbocycles. The third-order valence-corrected chi connectivity index (χ3v) is 18.6. The van der Waals surface area contributed by atoms with Gasteiger partial charge in [0.25, 0.3) is 13.4 Å². The second kappa shape index (κ2) is 20.0. The Morgan fingerprint density at radius 3 is 0.788 bits per heavy atom. The number of thiophene rings is 1. The molecule has 0 bridgehead atoms. The Hall–Kier alpha value is -10.7. The molecule has 1 aromatic heterocycles. The van der Waals surface area contributed by atoms with Crippen LogP contribution in [0.2, 0.25) is 0 Å². The molecule has 0 saturated heterocycles. The molecule has 4 aliphatic heterocycles. The third-order valence-electron chi connectivity index (χ3n) is 17.3. The molecule has 5 heterocycles. The zero-order chi connectivity index (χ0) is 56.0. The maximum absolute atomic E-state index is 2.63. The minimum Gasteiger partial charge on any atom is -0.311 e. The molecular weight excluding hydrogens is 1050 g/mol. The van der Waals surface area contributed by atoms with Crippen LogP contribution in [0.4, 0.5) is 102 Å². The minimum absolute atomic E-state index is 0.134. The van der Waals surface area contributed by atoms with E-state index < -0.39 is 0 Å². The van der Waals surface area contributed by atoms with Crippen LogP contribution in [0.1, 0.15) is 0 Å². The lowest BCUT2D eigenvalue weighted by atomic mass is 9.35. The van der Waals surface area contributed by atoms with Gasteiger partial charge in [-0.3, -0.25) is 0 Å². The minimum atomic E-state index is -0.134. The summed E-state index contributed by atoms with van der Waals surface area (Å²) >= 11 is 2.00. The van der Waals surface area contributed by atoms with Crippen molar-refractivity contribution in [2.24, 2.45) is 0 Å². The van der Waals surface area contributed by atoms with Gasteiger partial charge in [-0.05, 0) is 155 Å². The van der Waals surface area contributed by atoms with Gasteiger partial charge in [-0.15, -0.1) is 0 Å². The first-order chi connectivity index (χ1) is 42.2. The second-order valence-corrected chi connectivity index (χ2v) is 23.1. The number of rotatable bonds is 10. The molecule has 0 radical (unpaired) electrons. The normalized spacial score (nSPS) is 13.0. The van der Waals surface area contributed by atoms with Crippen LogP contribution in [-0.4, -0.2) is 13.4 Å². The van der Waals surface area contributed by atoms with Gasteiger partial charge in [0.15, 0.2) is 0 Å². The molecule has 6 nitrogen and oxygen atoms in total. The molecule has 0 amide bonds. The fourth-order valence-electron chi connectivity index (χ4n) is 13.9. The third kappa shape index (κ3) is 7.74. The van der Waals surface area contributed by atoms with E-state index in [9.17, 15) is 0 Å². The maximum Gasteiger partial charge on any atom is 0.264 e. The average Bonchev–Trinajstić information content (AvgIpc) is 2.69. The highest BCUT2D eigenvalue weighted by molar-refractivity contribution is 7.38. The van der Waals surface area contributed by atoms with Crippen molar-refractivity contribution in [3.05, 3.63) is 315 Å². The first-order valence-electron chi connectivity index (χ1n) is 29.2. The topological polar surface area (TPSA) is 19.4 Å². The van der Waals surface area contributed by atoms with Crippen LogP contribution in [0.5, 0.6) is 0 Å². The van der Waals surface area contributed by atoms with E-state index in [0.29, 0.717) is 0 Å². The predicted molar refractivity (Wildman–Crippen MR) is 362 cm³/mol. The van der Waals surface area contributed by atoms with Gasteiger partial charge in [0.05, 0.1) is 22.7 Å². The number of benzene rings is 12. The molecule has 4 aliphatic rings. The lowest BCUT2D eigenvalue weighted by molar-refractivity contribution is 1.21. The van der Waals surface area contributed by atoms with Crippen molar-refractivity contribution >= 4 is 159 Å². The molecular formula is C76H52B2N6S. The van der Waals surface area contributed by atoms with Gasteiger partial charge in [-0.25, -0.2) is 0 Å². The molecule has 0 spiro atoms. The van der Waals surface area contributed by atoms with Crippen LogP contribution in [0.25, 0.3) is 0 Å². The quantitative estimate of drug-likeness (QED) is 0.126. The van der Waals surface area contributed by atoms with Crippen LogP contribution in [0, 0.1) is 0 Å². The zero-order valence-corrected chi connectivity index (χ0v) is 47.1. The molecule has 85 heavy (non-hydrogen) atoms. The summed E-state index contributed by atoms with van der Waals surface area (Å²) in [5, 5.41) is 0. The van der Waals surface area contributed by atoms with Crippen LogP contribution >= 0.6 is 11.3 Å². The summed E-state index contributed by atoms with van der Waals surface area (Å²) in [6.45, 7) is -0.269. The van der Waals surface area contributed by atoms with Crippen LogP contribution in [0.3, 0.4) is 0 Å². The molecule has 9 heteroatoms. The van der Waals surface area contributed by atoms with E-state index in [1.54, 1.807) is 0 Å². The molecule has 0 N–H and O–H groups in total. The average molecular weight is 1100 g/mol. The standard InChI is InChI=1S/C76H52B2N6S/c1-9-29-53(30-10-1)79(54-31-11-2-12-32-54)61-49-67-71-69(51-61)83(59-41-21-7-22-42-59)73-74-76(85-75(73)77(71)63-45-25-27-47-65(63)81(67)57-37-17-5-18-38-57)78-64-46-26-28-48-66(64)82(58-39-19-6-20-40-58)68-50-62(52-70(72(68)78)84(74)60-43-23-8-24-44-60)80(55-33-13-3-14-34-55)56-35-15-4-16-36-56/h1-52H. The van der Waals surface area contributed by atoms with E-state index in [4.69, 9.17) is 0 Å². The SMILES string of the molecule is c1ccc(N(c2ccccc2)c2cc3c4c(c2)N(c2ccccc2)c2c(sc5c2N(c2ccccc2)c2cc(N(c6ccccc6)c6ccccc6)cc6c2B5c2ccccc2N6c2ccccc2)B4c2ccccc2N3c2ccccc2)cc1. The van der Waals surface area contributed by atoms with Crippen molar-refractivity contribution < 1.29 is 0 Å². The molecule has 0 fully saturated rings. The summed E-state index contributed by atoms with van der Waals surface area (Å²) in [5.74, 6) is 0. The van der Waals surface area contributed by atoms with Gasteiger partial charge < -0.3 is 29.4 Å². The fraction of sp³-hybridized carbons (Fsp3) is 0. The van der Waals surface area contributed by atoms with Crippen LogP contribution < -0.4 is 60.8 Å². The number of nitrogens with zero attached hydrogens (tertiary/aromatic N) is 6. The molecule has 398 valence electrons. The Morgan fingerprint density at radius 1 is 0.235 bits per heavy atom. The maximum atomic E-state index is 2.63. The fourth-order valence-corrected chi connectivity index (χ4v) is 15.4. The summed E-state index contributed by atoms with van der Waals surface area (Å²) in [7, 11) is 0. The summed E-state index contributed by atoms with van der Waals surface area (Å²) in [6.07, 6.45) is 0. The van der Waals surface area contributed by atoms with E-state index in [2.05, 4.69) is 345 Å². The van der Waals surface area contributed by atoms with E-state index in [1.807, 2.05) is 11.3 Å². The number of anilines is 18. The van der Waals surface area contributed by atoms with Crippen molar-refractivity contribution in [1.82, 2.24) is 0 Å². The van der Waals surface area contributed by atoms with Gasteiger partial charge in [0, 0.05) is 89.2 Å². The Bertz CT molecular complexity index is 4260. The van der Waals surface area contributed by atoms with Crippen molar-refractivity contribution in [1.29, 1.82) is 0 Å². The van der Waals surface area contributed by atoms with Crippen molar-refractivity contribution in [2.45, 2.75) is 0 Å². The highest BCUT2D eigenvalue weighted by atomic mass is 32.1. The van der Waals surface area contributed by atoms with Gasteiger partial charge in [-0.1, -0.05) is 182 Å². The lowest BCUT2D eigenvalue weighted by Crippen LogP contribution is -2.60. The molecule has 0 atom stereocenters. The highest BCUT2D eigenvalue weighted by Gasteiger charge is 2.52. The number of hydrogen-bond donors (Lipinski definition) is 0. The monoisotopic (exact) mass is 1100 g/mol. The van der Waals surface area contributed by atoms with Gasteiger partial charge >= 0.3 is 0 Å². The van der Waals surface area contributed by atoms with Gasteiger partial charge in [0.2, 0.25) is 0 Å². The number of hydrogen-bond acceptors (Lipinski definition) is 7. The Kier molecular flexibility index (Phi) is 11.5. The summed E-state index contributed by atoms with van der Waals surface area (Å²) < 4.78 is 2.62. The van der Waals surface area contributed by atoms with Crippen molar-refractivity contribution in [3.8, 4) is 0 Å². The Labute approximate surface area is 500 Å². The lowest BCUT2D eigenvalue weighted by Gasteiger charge is -2.46. The highest BCUT2D eigenvalue weighted by Crippen LogP contribution is 2.55. The van der Waals surface area contributed by atoms with Crippen molar-refractivity contribution in [3.63, 3.8) is 0 Å².